The second-order valence-corrected chi connectivity index (χ2v) is 4.24. The lowest BCUT2D eigenvalue weighted by Crippen LogP contribution is -2.31. The molecule has 0 saturated carbocycles. The van der Waals surface area contributed by atoms with E-state index in [1.165, 1.54) is 19.2 Å². The molecule has 1 atom stereocenters. The van der Waals surface area contributed by atoms with Gasteiger partial charge in [-0.3, -0.25) is 10.1 Å². The molecule has 0 saturated heterocycles. The van der Waals surface area contributed by atoms with E-state index >= 15 is 0 Å². The second-order valence-electron chi connectivity index (χ2n) is 4.24. The van der Waals surface area contributed by atoms with Gasteiger partial charge in [-0.1, -0.05) is 0 Å². The standard InChI is InChI=1S/C13H20N2O5/c1-18-9-13(20-3)8-14-7-10-4-11(15(16)17)6-12(5-10)19-2/h4-6,13-14H,7-9H2,1-3H3. The quantitative estimate of drug-likeness (QED) is 0.544. The number of hydrogen-bond acceptors (Lipinski definition) is 6. The number of nitrogens with one attached hydrogen (secondary N) is 1. The molecular weight excluding hydrogens is 264 g/mol. The third kappa shape index (κ3) is 5.12. The SMILES string of the molecule is COCC(CNCc1cc(OC)cc([N+](=O)[O-])c1)OC. The lowest BCUT2D eigenvalue weighted by molar-refractivity contribution is -0.385. The Morgan fingerprint density at radius 3 is 2.60 bits per heavy atom. The molecule has 0 fully saturated rings. The molecule has 0 aliphatic rings. The van der Waals surface area contributed by atoms with Gasteiger partial charge in [-0.2, -0.15) is 0 Å². The van der Waals surface area contributed by atoms with Crippen molar-refractivity contribution in [2.45, 2.75) is 12.6 Å². The Bertz CT molecular complexity index is 439. The van der Waals surface area contributed by atoms with Crippen molar-refractivity contribution in [1.29, 1.82) is 0 Å². The predicted molar refractivity (Wildman–Crippen MR) is 74.0 cm³/mol. The molecule has 20 heavy (non-hydrogen) atoms. The Balaban J connectivity index is 2.62. The van der Waals surface area contributed by atoms with Crippen molar-refractivity contribution in [3.8, 4) is 5.75 Å². The fraction of sp³-hybridized carbons (Fsp3) is 0.538. The van der Waals surface area contributed by atoms with E-state index < -0.39 is 4.92 Å². The van der Waals surface area contributed by atoms with Crippen molar-refractivity contribution in [3.63, 3.8) is 0 Å². The van der Waals surface area contributed by atoms with Crippen LogP contribution in [0.5, 0.6) is 5.75 Å². The molecule has 7 nitrogen and oxygen atoms in total. The van der Waals surface area contributed by atoms with E-state index in [2.05, 4.69) is 5.32 Å². The maximum Gasteiger partial charge on any atom is 0.273 e. The lowest BCUT2D eigenvalue weighted by atomic mass is 10.2. The minimum Gasteiger partial charge on any atom is -0.496 e. The van der Waals surface area contributed by atoms with Gasteiger partial charge in [0.25, 0.3) is 5.69 Å². The Labute approximate surface area is 118 Å². The summed E-state index contributed by atoms with van der Waals surface area (Å²) in [7, 11) is 4.70. The van der Waals surface area contributed by atoms with Crippen LogP contribution in [0.15, 0.2) is 18.2 Å². The van der Waals surface area contributed by atoms with E-state index in [9.17, 15) is 10.1 Å². The first kappa shape index (κ1) is 16.4. The molecule has 0 aliphatic heterocycles. The van der Waals surface area contributed by atoms with Crippen molar-refractivity contribution in [2.24, 2.45) is 0 Å². The van der Waals surface area contributed by atoms with Gasteiger partial charge >= 0.3 is 0 Å². The summed E-state index contributed by atoms with van der Waals surface area (Å²) >= 11 is 0. The van der Waals surface area contributed by atoms with E-state index in [4.69, 9.17) is 14.2 Å². The van der Waals surface area contributed by atoms with Gasteiger partial charge in [-0.15, -0.1) is 0 Å². The first-order valence-electron chi connectivity index (χ1n) is 6.15. The van der Waals surface area contributed by atoms with Crippen molar-refractivity contribution in [2.75, 3.05) is 34.5 Å². The summed E-state index contributed by atoms with van der Waals surface area (Å²) in [4.78, 5) is 10.4. The number of non-ortho nitro benzene ring substituents is 1. The van der Waals surface area contributed by atoms with Crippen LogP contribution in [0, 0.1) is 10.1 Å². The van der Waals surface area contributed by atoms with Gasteiger partial charge in [0.15, 0.2) is 0 Å². The molecule has 1 unspecified atom stereocenters. The molecule has 1 rings (SSSR count). The van der Waals surface area contributed by atoms with Crippen LogP contribution < -0.4 is 10.1 Å². The monoisotopic (exact) mass is 284 g/mol. The van der Waals surface area contributed by atoms with Gasteiger partial charge < -0.3 is 19.5 Å². The van der Waals surface area contributed by atoms with E-state index in [0.717, 1.165) is 5.56 Å². The topological polar surface area (TPSA) is 82.9 Å². The number of benzene rings is 1. The Morgan fingerprint density at radius 1 is 1.30 bits per heavy atom. The van der Waals surface area contributed by atoms with Crippen molar-refractivity contribution >= 4 is 5.69 Å². The smallest absolute Gasteiger partial charge is 0.273 e. The van der Waals surface area contributed by atoms with Gasteiger partial charge in [-0.05, 0) is 11.6 Å². The van der Waals surface area contributed by atoms with E-state index in [0.29, 0.717) is 25.4 Å². The summed E-state index contributed by atoms with van der Waals surface area (Å²) in [6, 6.07) is 4.68. The van der Waals surface area contributed by atoms with Crippen LogP contribution in [0.4, 0.5) is 5.69 Å². The normalized spacial score (nSPS) is 12.2. The first-order chi connectivity index (χ1) is 9.60. The summed E-state index contributed by atoms with van der Waals surface area (Å²) in [6.07, 6.45) is -0.0550. The minimum absolute atomic E-state index is 0.0151. The largest absolute Gasteiger partial charge is 0.496 e. The van der Waals surface area contributed by atoms with Crippen molar-refractivity contribution in [1.82, 2.24) is 5.32 Å². The number of nitrogens with zero attached hydrogens (tertiary/aromatic N) is 1. The third-order valence-electron chi connectivity index (χ3n) is 2.78. The van der Waals surface area contributed by atoms with Crippen LogP contribution in [0.25, 0.3) is 0 Å². The maximum absolute atomic E-state index is 10.8. The summed E-state index contributed by atoms with van der Waals surface area (Å²) in [6.45, 7) is 1.57. The number of nitro groups is 1. The van der Waals surface area contributed by atoms with Crippen LogP contribution in [0.2, 0.25) is 0 Å². The fourth-order valence-electron chi connectivity index (χ4n) is 1.74. The summed E-state index contributed by atoms with van der Waals surface area (Å²) in [5, 5.41) is 14.0. The molecule has 0 heterocycles. The summed E-state index contributed by atoms with van der Waals surface area (Å²) < 4.78 is 15.3. The number of ether oxygens (including phenoxy) is 3. The molecule has 1 N–H and O–H groups in total. The Kier molecular flexibility index (Phi) is 6.92. The van der Waals surface area contributed by atoms with Gasteiger partial charge in [0.05, 0.1) is 30.8 Å². The second kappa shape index (κ2) is 8.47. The number of nitro benzene ring substituents is 1. The zero-order valence-electron chi connectivity index (χ0n) is 11.9. The van der Waals surface area contributed by atoms with Gasteiger partial charge in [0, 0.05) is 33.4 Å². The van der Waals surface area contributed by atoms with Crippen LogP contribution in [0.1, 0.15) is 5.56 Å². The first-order valence-corrected chi connectivity index (χ1v) is 6.15. The minimum atomic E-state index is -0.436. The molecule has 1 aromatic rings. The lowest BCUT2D eigenvalue weighted by Gasteiger charge is -2.15. The number of methoxy groups -OCH3 is 3. The zero-order chi connectivity index (χ0) is 15.0. The summed E-state index contributed by atoms with van der Waals surface area (Å²) in [5.41, 5.74) is 0.796. The van der Waals surface area contributed by atoms with Crippen LogP contribution in [-0.2, 0) is 16.0 Å². The molecule has 0 aliphatic carbocycles. The Morgan fingerprint density at radius 2 is 2.05 bits per heavy atom. The predicted octanol–water partition coefficient (Wildman–Crippen LogP) is 1.35. The molecule has 7 heteroatoms. The highest BCUT2D eigenvalue weighted by Gasteiger charge is 2.11. The van der Waals surface area contributed by atoms with E-state index in [1.807, 2.05) is 0 Å². The zero-order valence-corrected chi connectivity index (χ0v) is 11.9. The van der Waals surface area contributed by atoms with Crippen LogP contribution in [0.3, 0.4) is 0 Å². The van der Waals surface area contributed by atoms with Gasteiger partial charge in [0.2, 0.25) is 0 Å². The molecule has 1 aromatic carbocycles. The molecule has 0 radical (unpaired) electrons. The number of rotatable bonds is 9. The maximum atomic E-state index is 10.8. The van der Waals surface area contributed by atoms with E-state index in [-0.39, 0.29) is 11.8 Å². The highest BCUT2D eigenvalue weighted by Crippen LogP contribution is 2.22. The van der Waals surface area contributed by atoms with Crippen LogP contribution in [-0.4, -0.2) is 45.5 Å². The highest BCUT2D eigenvalue weighted by atomic mass is 16.6. The van der Waals surface area contributed by atoms with Crippen LogP contribution >= 0.6 is 0 Å². The molecule has 112 valence electrons. The third-order valence-corrected chi connectivity index (χ3v) is 2.78. The Hall–Kier alpha value is -1.70. The molecule has 0 bridgehead atoms. The van der Waals surface area contributed by atoms with Gasteiger partial charge in [0.1, 0.15) is 5.75 Å². The number of hydrogen-bond donors (Lipinski definition) is 1. The molecule has 0 spiro atoms. The average Bonchev–Trinajstić information content (AvgIpc) is 2.45. The van der Waals surface area contributed by atoms with Crippen molar-refractivity contribution < 1.29 is 19.1 Å². The molecule has 0 aromatic heterocycles. The van der Waals surface area contributed by atoms with Gasteiger partial charge in [-0.25, -0.2) is 0 Å². The fourth-order valence-corrected chi connectivity index (χ4v) is 1.74. The average molecular weight is 284 g/mol. The summed E-state index contributed by atoms with van der Waals surface area (Å²) in [5.74, 6) is 0.469. The molecule has 0 amide bonds. The molecular formula is C13H20N2O5. The van der Waals surface area contributed by atoms with Crippen molar-refractivity contribution in [3.05, 3.63) is 33.9 Å². The highest BCUT2D eigenvalue weighted by molar-refractivity contribution is 5.42. The van der Waals surface area contributed by atoms with E-state index in [1.54, 1.807) is 20.3 Å².